The van der Waals surface area contributed by atoms with E-state index in [2.05, 4.69) is 20.4 Å². The van der Waals surface area contributed by atoms with Crippen molar-refractivity contribution in [2.75, 3.05) is 37.0 Å². The Morgan fingerprint density at radius 2 is 1.80 bits per heavy atom. The molecule has 1 atom stereocenters. The fourth-order valence-corrected chi connectivity index (χ4v) is 7.61. The van der Waals surface area contributed by atoms with Gasteiger partial charge in [-0.3, -0.25) is 4.31 Å². The van der Waals surface area contributed by atoms with Crippen LogP contribution in [-0.2, 0) is 27.7 Å². The van der Waals surface area contributed by atoms with Crippen molar-refractivity contribution in [2.24, 2.45) is 0 Å². The van der Waals surface area contributed by atoms with Crippen molar-refractivity contribution in [1.29, 1.82) is 0 Å². The van der Waals surface area contributed by atoms with E-state index in [4.69, 9.17) is 14.2 Å². The molecule has 1 N–H and O–H groups in total. The molecule has 0 saturated carbocycles. The number of benzene rings is 3. The van der Waals surface area contributed by atoms with Crippen LogP contribution in [0.5, 0.6) is 11.5 Å². The Hall–Kier alpha value is -4.96. The first kappa shape index (κ1) is 35.9. The topological polar surface area (TPSA) is 121 Å². The maximum atomic E-state index is 15.1. The Morgan fingerprint density at radius 1 is 1.02 bits per heavy atom. The van der Waals surface area contributed by atoms with Crippen LogP contribution in [0.25, 0.3) is 22.4 Å². The van der Waals surface area contributed by atoms with Crippen molar-refractivity contribution >= 4 is 32.6 Å². The van der Waals surface area contributed by atoms with Gasteiger partial charge in [-0.1, -0.05) is 18.2 Å². The van der Waals surface area contributed by atoms with E-state index in [-0.39, 0.29) is 52.2 Å². The normalized spacial score (nSPS) is 15.2. The molecule has 1 saturated heterocycles. The second kappa shape index (κ2) is 14.7. The minimum atomic E-state index is -4.63. The molecule has 0 spiro atoms. The molecule has 0 bridgehead atoms. The lowest BCUT2D eigenvalue weighted by Crippen LogP contribution is -2.31. The maximum absolute atomic E-state index is 15.1. The van der Waals surface area contributed by atoms with Gasteiger partial charge in [0.2, 0.25) is 0 Å². The number of hydrogen-bond donors (Lipinski definition) is 1. The molecule has 5 aromatic rings. The molecule has 2 aromatic heterocycles. The van der Waals surface area contributed by atoms with Gasteiger partial charge in [-0.05, 0) is 79.8 Å². The number of fused-ring (bicyclic) bond motifs is 1. The predicted octanol–water partition coefficient (Wildman–Crippen LogP) is 7.28. The summed E-state index contributed by atoms with van der Waals surface area (Å²) in [5, 5.41) is 8.17. The number of anilines is 2. The Bertz CT molecular complexity index is 2120. The number of halogens is 4. The van der Waals surface area contributed by atoms with Crippen LogP contribution >= 0.6 is 0 Å². The Labute approximate surface area is 292 Å². The van der Waals surface area contributed by atoms with Crippen LogP contribution in [0.15, 0.2) is 71.8 Å². The van der Waals surface area contributed by atoms with Crippen molar-refractivity contribution < 1.29 is 40.2 Å². The highest BCUT2D eigenvalue weighted by atomic mass is 32.2. The van der Waals surface area contributed by atoms with E-state index in [1.165, 1.54) is 36.9 Å². The molecule has 1 aliphatic heterocycles. The lowest BCUT2D eigenvalue weighted by atomic mass is 10.0. The quantitative estimate of drug-likeness (QED) is 0.132. The van der Waals surface area contributed by atoms with Crippen LogP contribution in [0.1, 0.15) is 43.5 Å². The number of nitrogens with one attached hydrogen (secondary N) is 1. The van der Waals surface area contributed by atoms with Gasteiger partial charge in [0.1, 0.15) is 11.6 Å². The van der Waals surface area contributed by atoms with Gasteiger partial charge in [-0.25, -0.2) is 27.5 Å². The Morgan fingerprint density at radius 3 is 2.47 bits per heavy atom. The van der Waals surface area contributed by atoms with E-state index in [0.29, 0.717) is 35.4 Å². The zero-order valence-electron chi connectivity index (χ0n) is 28.1. The number of aromatic nitrogens is 4. The standard InChI is InChI=1S/C35H36F4N6O5S/c1-4-44(51(46,47)25-10-6-5-7-11-25)29-14-13-24(48-2)16-23(29)20-40-32-27-21-41-45(31-12-8-9-15-50-31)34(27)43-33(42-32)26-18-28(36)30(49-3)17-22(26)19-35(37,38)39/h5-7,10-11,13-14,16-18,21,31H,4,8-9,12,15,19-20H2,1-3H3,(H,40,42,43). The van der Waals surface area contributed by atoms with Crippen LogP contribution in [0.2, 0.25) is 0 Å². The van der Waals surface area contributed by atoms with Gasteiger partial charge in [0.15, 0.2) is 29.3 Å². The van der Waals surface area contributed by atoms with E-state index >= 15 is 4.39 Å². The molecule has 3 heterocycles. The number of alkyl halides is 3. The molecule has 51 heavy (non-hydrogen) atoms. The summed E-state index contributed by atoms with van der Waals surface area (Å²) < 4.78 is 103. The lowest BCUT2D eigenvalue weighted by Gasteiger charge is -2.26. The summed E-state index contributed by atoms with van der Waals surface area (Å²) in [6.45, 7) is 2.32. The summed E-state index contributed by atoms with van der Waals surface area (Å²) in [7, 11) is -1.32. The fraction of sp³-hybridized carbons (Fsp3) is 0.343. The molecule has 6 rings (SSSR count). The molecule has 1 fully saturated rings. The van der Waals surface area contributed by atoms with E-state index in [9.17, 15) is 21.6 Å². The SMILES string of the molecule is CCN(c1ccc(OC)cc1CNc1nc(-c2cc(F)c(OC)cc2CC(F)(F)F)nc2c1cnn2C1CCCCO1)S(=O)(=O)c1ccccc1. The second-order valence-electron chi connectivity index (χ2n) is 11.8. The highest BCUT2D eigenvalue weighted by molar-refractivity contribution is 7.92. The number of ether oxygens (including phenoxy) is 3. The maximum Gasteiger partial charge on any atom is 0.393 e. The largest absolute Gasteiger partial charge is 0.497 e. The van der Waals surface area contributed by atoms with Crippen molar-refractivity contribution in [3.05, 3.63) is 83.8 Å². The van der Waals surface area contributed by atoms with E-state index in [0.717, 1.165) is 25.0 Å². The van der Waals surface area contributed by atoms with E-state index < -0.39 is 34.7 Å². The molecule has 3 aromatic carbocycles. The van der Waals surface area contributed by atoms with Gasteiger partial charge >= 0.3 is 6.18 Å². The van der Waals surface area contributed by atoms with Crippen LogP contribution < -0.4 is 19.1 Å². The molecule has 270 valence electrons. The van der Waals surface area contributed by atoms with Crippen molar-refractivity contribution in [1.82, 2.24) is 19.7 Å². The summed E-state index contributed by atoms with van der Waals surface area (Å²) in [5.74, 6) is -0.786. The molecular formula is C35H36F4N6O5S. The third-order valence-electron chi connectivity index (χ3n) is 8.51. The number of sulfonamides is 1. The number of methoxy groups -OCH3 is 2. The average Bonchev–Trinajstić information content (AvgIpc) is 3.56. The third kappa shape index (κ3) is 7.56. The first-order valence-corrected chi connectivity index (χ1v) is 17.7. The molecule has 1 unspecified atom stereocenters. The first-order valence-electron chi connectivity index (χ1n) is 16.2. The zero-order chi connectivity index (χ0) is 36.3. The molecule has 1 aliphatic rings. The Kier molecular flexibility index (Phi) is 10.3. The van der Waals surface area contributed by atoms with Gasteiger partial charge in [0, 0.05) is 25.3 Å². The molecular weight excluding hydrogens is 692 g/mol. The minimum Gasteiger partial charge on any atom is -0.497 e. The summed E-state index contributed by atoms with van der Waals surface area (Å²) in [6.07, 6.45) is -2.61. The number of hydrogen-bond acceptors (Lipinski definition) is 9. The average molecular weight is 729 g/mol. The Balaban J connectivity index is 1.47. The van der Waals surface area contributed by atoms with Gasteiger partial charge < -0.3 is 19.5 Å². The van der Waals surface area contributed by atoms with E-state index in [1.54, 1.807) is 48.0 Å². The van der Waals surface area contributed by atoms with Crippen molar-refractivity contribution in [3.63, 3.8) is 0 Å². The number of rotatable bonds is 12. The predicted molar refractivity (Wildman–Crippen MR) is 183 cm³/mol. The molecule has 16 heteroatoms. The van der Waals surface area contributed by atoms with Gasteiger partial charge in [-0.2, -0.15) is 18.3 Å². The summed E-state index contributed by atoms with van der Waals surface area (Å²) in [5.41, 5.74) is 0.680. The summed E-state index contributed by atoms with van der Waals surface area (Å²) in [4.78, 5) is 9.35. The fourth-order valence-electron chi connectivity index (χ4n) is 6.07. The van der Waals surface area contributed by atoms with Gasteiger partial charge in [-0.15, -0.1) is 0 Å². The zero-order valence-corrected chi connectivity index (χ0v) is 28.9. The monoisotopic (exact) mass is 728 g/mol. The van der Waals surface area contributed by atoms with E-state index in [1.807, 2.05) is 0 Å². The molecule has 0 radical (unpaired) electrons. The van der Waals surface area contributed by atoms with Crippen LogP contribution in [-0.4, -0.2) is 61.7 Å². The van der Waals surface area contributed by atoms with Crippen molar-refractivity contribution in [3.8, 4) is 22.9 Å². The summed E-state index contributed by atoms with van der Waals surface area (Å²) in [6, 6.07) is 14.9. The van der Waals surface area contributed by atoms with Gasteiger partial charge in [0.25, 0.3) is 10.0 Å². The van der Waals surface area contributed by atoms with Gasteiger partial charge in [0.05, 0.1) is 42.8 Å². The first-order chi connectivity index (χ1) is 24.4. The highest BCUT2D eigenvalue weighted by Gasteiger charge is 2.32. The van der Waals surface area contributed by atoms with Crippen molar-refractivity contribution in [2.45, 2.75) is 56.5 Å². The molecule has 11 nitrogen and oxygen atoms in total. The second-order valence-corrected chi connectivity index (χ2v) is 13.7. The summed E-state index contributed by atoms with van der Waals surface area (Å²) >= 11 is 0. The van der Waals surface area contributed by atoms with Crippen LogP contribution in [0.3, 0.4) is 0 Å². The minimum absolute atomic E-state index is 0.00358. The highest BCUT2D eigenvalue weighted by Crippen LogP contribution is 2.37. The number of nitrogens with zero attached hydrogens (tertiary/aromatic N) is 5. The smallest absolute Gasteiger partial charge is 0.393 e. The van der Waals surface area contributed by atoms with Crippen LogP contribution in [0.4, 0.5) is 29.1 Å². The molecule has 0 aliphatic carbocycles. The van der Waals surface area contributed by atoms with Crippen LogP contribution in [0, 0.1) is 5.82 Å². The third-order valence-corrected chi connectivity index (χ3v) is 10.4. The lowest BCUT2D eigenvalue weighted by molar-refractivity contribution is -0.127. The molecule has 0 amide bonds.